The molecule has 0 saturated carbocycles. The Morgan fingerprint density at radius 3 is 2.67 bits per heavy atom. The zero-order valence-electron chi connectivity index (χ0n) is 14.8. The molecular weight excluding hydrogens is 332 g/mol. The summed E-state index contributed by atoms with van der Waals surface area (Å²) in [5, 5.41) is 0.799. The van der Waals surface area contributed by atoms with E-state index in [4.69, 9.17) is 0 Å². The molecule has 4 heteroatoms. The molecule has 2 atom stereocenters. The average Bonchev–Trinajstić information content (AvgIpc) is 3.24. The fourth-order valence-corrected chi connectivity index (χ4v) is 7.18. The Kier molecular flexibility index (Phi) is 6.34. The van der Waals surface area contributed by atoms with Gasteiger partial charge in [0, 0.05) is 29.9 Å². The van der Waals surface area contributed by atoms with Gasteiger partial charge in [-0.3, -0.25) is 0 Å². The van der Waals surface area contributed by atoms with E-state index in [-0.39, 0.29) is 4.08 Å². The molecule has 0 radical (unpaired) electrons. The molecular formula is C20H28N2S2. The van der Waals surface area contributed by atoms with Crippen molar-refractivity contribution in [1.82, 2.24) is 9.55 Å². The minimum Gasteiger partial charge on any atom is -0.335 e. The minimum absolute atomic E-state index is 0.243. The van der Waals surface area contributed by atoms with Gasteiger partial charge in [0.2, 0.25) is 0 Å². The molecule has 0 spiro atoms. The van der Waals surface area contributed by atoms with Crippen molar-refractivity contribution in [3.63, 3.8) is 0 Å². The number of aromatic nitrogens is 2. The lowest BCUT2D eigenvalue weighted by molar-refractivity contribution is 0.623. The highest BCUT2D eigenvalue weighted by molar-refractivity contribution is 8.21. The van der Waals surface area contributed by atoms with Crippen LogP contribution in [0.3, 0.4) is 0 Å². The SMILES string of the molecule is CCCCC1CSC(Cc2ccc(CC)cc2)(Cn2ccnc2)S1. The minimum atomic E-state index is 0.243. The topological polar surface area (TPSA) is 17.8 Å². The molecule has 1 aliphatic rings. The molecule has 2 nitrogen and oxygen atoms in total. The Labute approximate surface area is 154 Å². The van der Waals surface area contributed by atoms with E-state index in [9.17, 15) is 0 Å². The van der Waals surface area contributed by atoms with Gasteiger partial charge in [-0.1, -0.05) is 51.0 Å². The van der Waals surface area contributed by atoms with Gasteiger partial charge in [-0.2, -0.15) is 0 Å². The van der Waals surface area contributed by atoms with Crippen LogP contribution in [0.2, 0.25) is 0 Å². The predicted molar refractivity (Wildman–Crippen MR) is 108 cm³/mol. The summed E-state index contributed by atoms with van der Waals surface area (Å²) in [7, 11) is 0. The summed E-state index contributed by atoms with van der Waals surface area (Å²) < 4.78 is 2.50. The maximum atomic E-state index is 4.24. The van der Waals surface area contributed by atoms with Gasteiger partial charge in [-0.15, -0.1) is 23.5 Å². The first kappa shape index (κ1) is 17.9. The number of hydrogen-bond acceptors (Lipinski definition) is 3. The molecule has 2 aromatic rings. The molecule has 24 heavy (non-hydrogen) atoms. The third kappa shape index (κ3) is 4.60. The van der Waals surface area contributed by atoms with Crippen LogP contribution in [0.5, 0.6) is 0 Å². The lowest BCUT2D eigenvalue weighted by Crippen LogP contribution is -2.27. The average molecular weight is 361 g/mol. The first-order valence-electron chi connectivity index (χ1n) is 9.08. The Morgan fingerprint density at radius 1 is 1.21 bits per heavy atom. The van der Waals surface area contributed by atoms with Crippen molar-refractivity contribution in [3.8, 4) is 0 Å². The van der Waals surface area contributed by atoms with E-state index in [1.165, 1.54) is 36.1 Å². The van der Waals surface area contributed by atoms with E-state index < -0.39 is 0 Å². The van der Waals surface area contributed by atoms with Crippen LogP contribution in [0, 0.1) is 0 Å². The van der Waals surface area contributed by atoms with E-state index in [1.807, 2.05) is 12.5 Å². The monoisotopic (exact) mass is 360 g/mol. The van der Waals surface area contributed by atoms with Gasteiger partial charge in [-0.05, 0) is 30.4 Å². The van der Waals surface area contributed by atoms with Crippen molar-refractivity contribution in [2.75, 3.05) is 5.75 Å². The third-order valence-corrected chi connectivity index (χ3v) is 8.34. The lowest BCUT2D eigenvalue weighted by atomic mass is 10.1. The van der Waals surface area contributed by atoms with Crippen LogP contribution in [0.4, 0.5) is 0 Å². The van der Waals surface area contributed by atoms with Crippen LogP contribution < -0.4 is 0 Å². The van der Waals surface area contributed by atoms with E-state index in [0.717, 1.165) is 24.6 Å². The summed E-state index contributed by atoms with van der Waals surface area (Å²) in [6.45, 7) is 5.55. The van der Waals surface area contributed by atoms with Crippen molar-refractivity contribution in [1.29, 1.82) is 0 Å². The highest BCUT2D eigenvalue weighted by Crippen LogP contribution is 2.52. The fourth-order valence-electron chi connectivity index (χ4n) is 3.28. The van der Waals surface area contributed by atoms with Crippen LogP contribution in [0.15, 0.2) is 43.0 Å². The standard InChI is InChI=1S/C20H28N2S2/c1-3-5-6-19-14-23-20(24-19,15-22-12-11-21-16-22)13-18-9-7-17(4-2)8-10-18/h7-12,16,19H,3-6,13-15H2,1-2H3. The molecule has 2 heterocycles. The highest BCUT2D eigenvalue weighted by atomic mass is 32.2. The van der Waals surface area contributed by atoms with Crippen LogP contribution in [0.1, 0.15) is 44.2 Å². The second kappa shape index (κ2) is 8.48. The largest absolute Gasteiger partial charge is 0.335 e. The normalized spacial score (nSPS) is 23.7. The molecule has 1 aromatic heterocycles. The van der Waals surface area contributed by atoms with E-state index in [1.54, 1.807) is 0 Å². The van der Waals surface area contributed by atoms with Crippen LogP contribution in [-0.2, 0) is 19.4 Å². The summed E-state index contributed by atoms with van der Waals surface area (Å²) in [6, 6.07) is 9.24. The Morgan fingerprint density at radius 2 is 2.00 bits per heavy atom. The van der Waals surface area contributed by atoms with Crippen LogP contribution in [-0.4, -0.2) is 24.6 Å². The van der Waals surface area contributed by atoms with Gasteiger partial charge in [0.25, 0.3) is 0 Å². The molecule has 2 unspecified atom stereocenters. The Balaban J connectivity index is 1.74. The molecule has 0 N–H and O–H groups in total. The van der Waals surface area contributed by atoms with Gasteiger partial charge >= 0.3 is 0 Å². The Bertz CT molecular complexity index is 609. The number of unbranched alkanes of at least 4 members (excludes halogenated alkanes) is 1. The summed E-state index contributed by atoms with van der Waals surface area (Å²) in [4.78, 5) is 4.24. The molecule has 1 aliphatic heterocycles. The molecule has 1 saturated heterocycles. The second-order valence-corrected chi connectivity index (χ2v) is 10.0. The third-order valence-electron chi connectivity index (χ3n) is 4.68. The lowest BCUT2D eigenvalue weighted by Gasteiger charge is -2.28. The molecule has 1 fully saturated rings. The summed E-state index contributed by atoms with van der Waals surface area (Å²) in [5.41, 5.74) is 2.89. The van der Waals surface area contributed by atoms with Crippen molar-refractivity contribution in [2.45, 2.75) is 61.8 Å². The molecule has 3 rings (SSSR count). The van der Waals surface area contributed by atoms with Crippen molar-refractivity contribution < 1.29 is 0 Å². The van der Waals surface area contributed by atoms with E-state index in [2.05, 4.69) is 77.4 Å². The number of aryl methyl sites for hydroxylation is 1. The zero-order chi connectivity index (χ0) is 16.8. The van der Waals surface area contributed by atoms with Crippen molar-refractivity contribution >= 4 is 23.5 Å². The number of hydrogen-bond donors (Lipinski definition) is 0. The summed E-state index contributed by atoms with van der Waals surface area (Å²) in [5.74, 6) is 1.28. The first-order chi connectivity index (χ1) is 11.7. The molecule has 0 amide bonds. The summed E-state index contributed by atoms with van der Waals surface area (Å²) >= 11 is 4.38. The molecule has 130 valence electrons. The fraction of sp³-hybridized carbons (Fsp3) is 0.550. The highest BCUT2D eigenvalue weighted by Gasteiger charge is 2.40. The first-order valence-corrected chi connectivity index (χ1v) is 10.9. The van der Waals surface area contributed by atoms with Crippen LogP contribution in [0.25, 0.3) is 0 Å². The van der Waals surface area contributed by atoms with Crippen molar-refractivity contribution in [3.05, 3.63) is 54.1 Å². The van der Waals surface area contributed by atoms with Gasteiger partial charge in [-0.25, -0.2) is 4.98 Å². The smallest absolute Gasteiger partial charge is 0.0946 e. The maximum Gasteiger partial charge on any atom is 0.0946 e. The molecule has 1 aromatic carbocycles. The molecule has 0 bridgehead atoms. The van der Waals surface area contributed by atoms with E-state index in [0.29, 0.717) is 0 Å². The maximum absolute atomic E-state index is 4.24. The van der Waals surface area contributed by atoms with Gasteiger partial charge in [0.1, 0.15) is 0 Å². The number of imidazole rings is 1. The van der Waals surface area contributed by atoms with Gasteiger partial charge in [0.05, 0.1) is 10.4 Å². The zero-order valence-corrected chi connectivity index (χ0v) is 16.4. The Hall–Kier alpha value is -0.870. The summed E-state index contributed by atoms with van der Waals surface area (Å²) in [6.07, 6.45) is 12.2. The van der Waals surface area contributed by atoms with E-state index >= 15 is 0 Å². The van der Waals surface area contributed by atoms with Crippen LogP contribution >= 0.6 is 23.5 Å². The van der Waals surface area contributed by atoms with Gasteiger partial charge in [0.15, 0.2) is 0 Å². The number of benzene rings is 1. The number of nitrogens with zero attached hydrogens (tertiary/aromatic N) is 2. The van der Waals surface area contributed by atoms with Gasteiger partial charge < -0.3 is 4.57 Å². The quantitative estimate of drug-likeness (QED) is 0.626. The second-order valence-electron chi connectivity index (χ2n) is 6.69. The molecule has 0 aliphatic carbocycles. The van der Waals surface area contributed by atoms with Crippen molar-refractivity contribution in [2.24, 2.45) is 0 Å². The number of thioether (sulfide) groups is 2. The predicted octanol–water partition coefficient (Wildman–Crippen LogP) is 5.42. The number of rotatable bonds is 8.